The van der Waals surface area contributed by atoms with Crippen LogP contribution in [-0.2, 0) is 4.79 Å². The van der Waals surface area contributed by atoms with E-state index in [9.17, 15) is 4.79 Å². The van der Waals surface area contributed by atoms with Crippen LogP contribution in [0.25, 0.3) is 6.08 Å². The van der Waals surface area contributed by atoms with Gasteiger partial charge in [0, 0.05) is 19.7 Å². The van der Waals surface area contributed by atoms with E-state index in [-0.39, 0.29) is 5.91 Å². The quantitative estimate of drug-likeness (QED) is 0.777. The first-order valence-corrected chi connectivity index (χ1v) is 4.72. The number of pyridine rings is 1. The summed E-state index contributed by atoms with van der Waals surface area (Å²) in [6, 6.07) is 1.82. The number of nitrogens with two attached hydrogens (primary N) is 1. The number of hydrogen-bond acceptors (Lipinski definition) is 3. The summed E-state index contributed by atoms with van der Waals surface area (Å²) in [7, 11) is 0. The molecule has 4 nitrogen and oxygen atoms in total. The second kappa shape index (κ2) is 5.14. The fourth-order valence-electron chi connectivity index (χ4n) is 1.15. The molecule has 0 atom stereocenters. The highest BCUT2D eigenvalue weighted by atomic mass is 16.1. The standard InChI is InChI=1S/C11H15N3O/c1-8-6-11(12)14-7-10(8)4-3-5-13-9(2)15/h3-4,6-7H,5H2,1-2H3,(H2,12,14)(H,13,15). The van der Waals surface area contributed by atoms with Crippen molar-refractivity contribution in [1.29, 1.82) is 0 Å². The van der Waals surface area contributed by atoms with Crippen LogP contribution in [0.2, 0.25) is 0 Å². The third kappa shape index (κ3) is 3.81. The zero-order valence-electron chi connectivity index (χ0n) is 8.95. The lowest BCUT2D eigenvalue weighted by molar-refractivity contribution is -0.118. The van der Waals surface area contributed by atoms with Gasteiger partial charge in [-0.15, -0.1) is 0 Å². The van der Waals surface area contributed by atoms with Gasteiger partial charge in [-0.2, -0.15) is 0 Å². The van der Waals surface area contributed by atoms with Gasteiger partial charge in [-0.3, -0.25) is 4.79 Å². The number of carbonyl (C=O) groups is 1. The first-order valence-electron chi connectivity index (χ1n) is 4.72. The van der Waals surface area contributed by atoms with Crippen LogP contribution in [0.5, 0.6) is 0 Å². The molecule has 1 rings (SSSR count). The summed E-state index contributed by atoms with van der Waals surface area (Å²) >= 11 is 0. The minimum absolute atomic E-state index is 0.0354. The molecule has 0 bridgehead atoms. The van der Waals surface area contributed by atoms with Gasteiger partial charge in [-0.25, -0.2) is 4.98 Å². The number of hydrogen-bond donors (Lipinski definition) is 2. The Hall–Kier alpha value is -1.84. The van der Waals surface area contributed by atoms with E-state index in [1.165, 1.54) is 6.92 Å². The first kappa shape index (κ1) is 11.2. The number of anilines is 1. The maximum atomic E-state index is 10.6. The van der Waals surface area contributed by atoms with E-state index in [4.69, 9.17) is 5.73 Å². The van der Waals surface area contributed by atoms with Crippen molar-refractivity contribution in [3.8, 4) is 0 Å². The van der Waals surface area contributed by atoms with E-state index < -0.39 is 0 Å². The molecule has 80 valence electrons. The van der Waals surface area contributed by atoms with Crippen LogP contribution in [0.1, 0.15) is 18.1 Å². The molecule has 1 heterocycles. The highest BCUT2D eigenvalue weighted by Crippen LogP contribution is 2.10. The molecule has 1 aromatic heterocycles. The molecule has 0 aliphatic heterocycles. The lowest BCUT2D eigenvalue weighted by Crippen LogP contribution is -2.19. The normalized spacial score (nSPS) is 10.5. The molecule has 4 heteroatoms. The molecule has 0 fully saturated rings. The number of aryl methyl sites for hydroxylation is 1. The zero-order valence-corrected chi connectivity index (χ0v) is 8.95. The highest BCUT2D eigenvalue weighted by molar-refractivity contribution is 5.73. The predicted octanol–water partition coefficient (Wildman–Crippen LogP) is 1.12. The number of aromatic nitrogens is 1. The molecular weight excluding hydrogens is 190 g/mol. The van der Waals surface area contributed by atoms with E-state index in [0.29, 0.717) is 12.4 Å². The molecule has 0 saturated carbocycles. The maximum absolute atomic E-state index is 10.6. The Kier molecular flexibility index (Phi) is 3.85. The Morgan fingerprint density at radius 2 is 2.40 bits per heavy atom. The Bertz CT molecular complexity index is 385. The van der Waals surface area contributed by atoms with E-state index >= 15 is 0 Å². The molecular formula is C11H15N3O. The minimum Gasteiger partial charge on any atom is -0.384 e. The zero-order chi connectivity index (χ0) is 11.3. The van der Waals surface area contributed by atoms with Crippen LogP contribution in [0.15, 0.2) is 18.3 Å². The van der Waals surface area contributed by atoms with E-state index in [1.54, 1.807) is 6.20 Å². The van der Waals surface area contributed by atoms with Gasteiger partial charge in [0.05, 0.1) is 0 Å². The smallest absolute Gasteiger partial charge is 0.217 e. The van der Waals surface area contributed by atoms with Gasteiger partial charge >= 0.3 is 0 Å². The topological polar surface area (TPSA) is 68.0 Å². The van der Waals surface area contributed by atoms with Gasteiger partial charge in [0.15, 0.2) is 0 Å². The van der Waals surface area contributed by atoms with Crippen LogP contribution >= 0.6 is 0 Å². The Labute approximate surface area is 89.2 Å². The van der Waals surface area contributed by atoms with Crippen molar-refractivity contribution in [1.82, 2.24) is 10.3 Å². The largest absolute Gasteiger partial charge is 0.384 e. The van der Waals surface area contributed by atoms with E-state index in [1.807, 2.05) is 25.1 Å². The number of carbonyl (C=O) groups excluding carboxylic acids is 1. The summed E-state index contributed by atoms with van der Waals surface area (Å²) in [5.74, 6) is 0.485. The molecule has 3 N–H and O–H groups in total. The Morgan fingerprint density at radius 1 is 1.67 bits per heavy atom. The molecule has 0 aliphatic rings. The van der Waals surface area contributed by atoms with Crippen LogP contribution < -0.4 is 11.1 Å². The second-order valence-corrected chi connectivity index (χ2v) is 3.31. The summed E-state index contributed by atoms with van der Waals surface area (Å²) < 4.78 is 0. The summed E-state index contributed by atoms with van der Waals surface area (Å²) in [6.45, 7) is 3.99. The van der Waals surface area contributed by atoms with Gasteiger partial charge in [-0.05, 0) is 24.1 Å². The molecule has 1 amide bonds. The predicted molar refractivity (Wildman–Crippen MR) is 61.1 cm³/mol. The van der Waals surface area contributed by atoms with Crippen molar-refractivity contribution in [2.75, 3.05) is 12.3 Å². The van der Waals surface area contributed by atoms with Gasteiger partial charge in [0.1, 0.15) is 5.82 Å². The molecule has 0 saturated heterocycles. The second-order valence-electron chi connectivity index (χ2n) is 3.31. The van der Waals surface area contributed by atoms with Crippen molar-refractivity contribution in [2.24, 2.45) is 0 Å². The van der Waals surface area contributed by atoms with Crippen LogP contribution in [0, 0.1) is 6.92 Å². The average molecular weight is 205 g/mol. The van der Waals surface area contributed by atoms with Gasteiger partial charge in [0.25, 0.3) is 0 Å². The van der Waals surface area contributed by atoms with Crippen molar-refractivity contribution < 1.29 is 4.79 Å². The Morgan fingerprint density at radius 3 is 3.00 bits per heavy atom. The molecule has 15 heavy (non-hydrogen) atoms. The van der Waals surface area contributed by atoms with Crippen LogP contribution in [-0.4, -0.2) is 17.4 Å². The SMILES string of the molecule is CC(=O)NCC=Cc1cnc(N)cc1C. The van der Waals surface area contributed by atoms with E-state index in [2.05, 4.69) is 10.3 Å². The van der Waals surface area contributed by atoms with E-state index in [0.717, 1.165) is 11.1 Å². The fraction of sp³-hybridized carbons (Fsp3) is 0.273. The highest BCUT2D eigenvalue weighted by Gasteiger charge is 1.95. The van der Waals surface area contributed by atoms with Crippen molar-refractivity contribution in [2.45, 2.75) is 13.8 Å². The number of nitrogens with zero attached hydrogens (tertiary/aromatic N) is 1. The summed E-state index contributed by atoms with van der Waals surface area (Å²) in [5.41, 5.74) is 7.61. The fourth-order valence-corrected chi connectivity index (χ4v) is 1.15. The van der Waals surface area contributed by atoms with Gasteiger partial charge in [0.2, 0.25) is 5.91 Å². The molecule has 0 aromatic carbocycles. The van der Waals surface area contributed by atoms with Gasteiger partial charge in [-0.1, -0.05) is 12.2 Å². The average Bonchev–Trinajstić information content (AvgIpc) is 2.14. The third-order valence-electron chi connectivity index (χ3n) is 1.94. The number of nitrogens with one attached hydrogen (secondary N) is 1. The first-order chi connectivity index (χ1) is 7.09. The number of amides is 1. The maximum Gasteiger partial charge on any atom is 0.217 e. The molecule has 1 aromatic rings. The van der Waals surface area contributed by atoms with Crippen molar-refractivity contribution in [3.63, 3.8) is 0 Å². The van der Waals surface area contributed by atoms with Crippen LogP contribution in [0.3, 0.4) is 0 Å². The summed E-state index contributed by atoms with van der Waals surface area (Å²) in [6.07, 6.45) is 5.51. The molecule has 0 unspecified atom stereocenters. The lowest BCUT2D eigenvalue weighted by Gasteiger charge is -2.00. The number of nitrogen functional groups attached to an aromatic ring is 1. The molecule has 0 radical (unpaired) electrons. The summed E-state index contributed by atoms with van der Waals surface area (Å²) in [4.78, 5) is 14.6. The lowest BCUT2D eigenvalue weighted by atomic mass is 10.1. The third-order valence-corrected chi connectivity index (χ3v) is 1.94. The van der Waals surface area contributed by atoms with Crippen molar-refractivity contribution >= 4 is 17.8 Å². The van der Waals surface area contributed by atoms with Crippen LogP contribution in [0.4, 0.5) is 5.82 Å². The van der Waals surface area contributed by atoms with Crippen molar-refractivity contribution in [3.05, 3.63) is 29.5 Å². The Balaban J connectivity index is 2.60. The summed E-state index contributed by atoms with van der Waals surface area (Å²) in [5, 5.41) is 2.68. The monoisotopic (exact) mass is 205 g/mol. The molecule has 0 aliphatic carbocycles. The van der Waals surface area contributed by atoms with Gasteiger partial charge < -0.3 is 11.1 Å². The number of rotatable bonds is 3. The minimum atomic E-state index is -0.0354. The molecule has 0 spiro atoms.